The van der Waals surface area contributed by atoms with Crippen molar-refractivity contribution in [3.05, 3.63) is 104 Å². The third-order valence-corrected chi connectivity index (χ3v) is 8.22. The molecule has 0 saturated carbocycles. The quantitative estimate of drug-likeness (QED) is 0.314. The Balaban J connectivity index is 1.52. The van der Waals surface area contributed by atoms with Crippen molar-refractivity contribution in [2.75, 3.05) is 23.3 Å². The lowest BCUT2D eigenvalue weighted by atomic mass is 9.73. The summed E-state index contributed by atoms with van der Waals surface area (Å²) in [5, 5.41) is 8.13. The Kier molecular flexibility index (Phi) is 7.95. The zero-order valence-electron chi connectivity index (χ0n) is 21.9. The van der Waals surface area contributed by atoms with E-state index in [1.165, 1.54) is 0 Å². The smallest absolute Gasteiger partial charge is 0.239 e. The van der Waals surface area contributed by atoms with Gasteiger partial charge in [-0.3, -0.25) is 9.59 Å². The van der Waals surface area contributed by atoms with Crippen LogP contribution in [0.5, 0.6) is 0 Å². The van der Waals surface area contributed by atoms with E-state index in [4.69, 9.17) is 34.8 Å². The molecule has 1 unspecified atom stereocenters. The van der Waals surface area contributed by atoms with Gasteiger partial charge < -0.3 is 15.5 Å². The lowest BCUT2D eigenvalue weighted by Crippen LogP contribution is -2.42. The summed E-state index contributed by atoms with van der Waals surface area (Å²) in [6.07, 6.45) is 1.81. The Labute approximate surface area is 244 Å². The van der Waals surface area contributed by atoms with Crippen LogP contribution in [0.3, 0.4) is 0 Å². The number of fused-ring (bicyclic) bond motifs is 1. The molecule has 39 heavy (non-hydrogen) atoms. The molecule has 1 amide bonds. The van der Waals surface area contributed by atoms with Gasteiger partial charge in [-0.15, -0.1) is 0 Å². The minimum atomic E-state index is -0.517. The molecule has 2 N–H and O–H groups in total. The summed E-state index contributed by atoms with van der Waals surface area (Å²) in [6.45, 7) is 4.74. The maximum atomic E-state index is 13.8. The standard InChI is InChI=1S/C31H30Cl3N3O2/c1-31(2)16-25-29(27(38)17-31)30(20-9-12-22(33)23(34)15-20)37(26-6-4-3-5-24(26)36-25)18-28(39)35-14-13-19-7-10-21(32)11-8-19/h3-12,15,30,36H,13-14,16-18H2,1-2H3,(H,35,39). The van der Waals surface area contributed by atoms with Crippen molar-refractivity contribution >= 4 is 57.9 Å². The predicted molar refractivity (Wildman–Crippen MR) is 160 cm³/mol. The Morgan fingerprint density at radius 2 is 1.74 bits per heavy atom. The van der Waals surface area contributed by atoms with Crippen LogP contribution in [0.15, 0.2) is 78.0 Å². The monoisotopic (exact) mass is 581 g/mol. The summed E-state index contributed by atoms with van der Waals surface area (Å²) < 4.78 is 0. The van der Waals surface area contributed by atoms with Crippen molar-refractivity contribution in [2.45, 2.75) is 39.2 Å². The lowest BCUT2D eigenvalue weighted by Gasteiger charge is -2.38. The third kappa shape index (κ3) is 6.11. The van der Waals surface area contributed by atoms with Gasteiger partial charge in [0.25, 0.3) is 0 Å². The van der Waals surface area contributed by atoms with Gasteiger partial charge in [0, 0.05) is 29.3 Å². The molecule has 0 bridgehead atoms. The highest BCUT2D eigenvalue weighted by Crippen LogP contribution is 2.48. The predicted octanol–water partition coefficient (Wildman–Crippen LogP) is 7.62. The first-order chi connectivity index (χ1) is 18.6. The lowest BCUT2D eigenvalue weighted by molar-refractivity contribution is -0.120. The molecule has 202 valence electrons. The van der Waals surface area contributed by atoms with Crippen LogP contribution in [-0.2, 0) is 16.0 Å². The largest absolute Gasteiger partial charge is 0.357 e. The molecule has 1 aliphatic heterocycles. The maximum Gasteiger partial charge on any atom is 0.239 e. The van der Waals surface area contributed by atoms with Gasteiger partial charge in [0.2, 0.25) is 5.91 Å². The van der Waals surface area contributed by atoms with Crippen LogP contribution in [0.25, 0.3) is 0 Å². The number of anilines is 2. The van der Waals surface area contributed by atoms with Crippen molar-refractivity contribution in [1.82, 2.24) is 5.32 Å². The number of nitrogens with zero attached hydrogens (tertiary/aromatic N) is 1. The van der Waals surface area contributed by atoms with Gasteiger partial charge >= 0.3 is 0 Å². The van der Waals surface area contributed by atoms with E-state index in [0.717, 1.165) is 28.2 Å². The maximum absolute atomic E-state index is 13.8. The number of ketones is 1. The number of carbonyl (C=O) groups excluding carboxylic acids is 2. The molecular weight excluding hydrogens is 553 g/mol. The average molecular weight is 583 g/mol. The summed E-state index contributed by atoms with van der Waals surface area (Å²) in [6, 6.07) is 20.3. The number of allylic oxidation sites excluding steroid dienone is 1. The average Bonchev–Trinajstić information content (AvgIpc) is 3.01. The van der Waals surface area contributed by atoms with Crippen LogP contribution >= 0.6 is 34.8 Å². The van der Waals surface area contributed by atoms with Gasteiger partial charge in [0.1, 0.15) is 0 Å². The molecule has 1 atom stereocenters. The van der Waals surface area contributed by atoms with Crippen LogP contribution < -0.4 is 15.5 Å². The van der Waals surface area contributed by atoms with Gasteiger partial charge in [0.05, 0.1) is 34.0 Å². The molecule has 3 aromatic rings. The van der Waals surface area contributed by atoms with Crippen molar-refractivity contribution in [2.24, 2.45) is 5.41 Å². The molecule has 3 aromatic carbocycles. The molecule has 0 spiro atoms. The van der Waals surface area contributed by atoms with Crippen molar-refractivity contribution in [1.29, 1.82) is 0 Å². The number of para-hydroxylation sites is 2. The van der Waals surface area contributed by atoms with Crippen molar-refractivity contribution < 1.29 is 9.59 Å². The number of amides is 1. The second-order valence-corrected chi connectivity index (χ2v) is 12.2. The van der Waals surface area contributed by atoms with E-state index in [9.17, 15) is 9.59 Å². The van der Waals surface area contributed by atoms with Crippen LogP contribution in [0.4, 0.5) is 11.4 Å². The normalized spacial score (nSPS) is 18.1. The zero-order chi connectivity index (χ0) is 27.7. The summed E-state index contributed by atoms with van der Waals surface area (Å²) in [4.78, 5) is 29.2. The molecule has 0 saturated heterocycles. The minimum Gasteiger partial charge on any atom is -0.357 e. The summed E-state index contributed by atoms with van der Waals surface area (Å²) in [5.74, 6) is -0.0813. The van der Waals surface area contributed by atoms with Crippen LogP contribution in [-0.4, -0.2) is 24.8 Å². The fourth-order valence-corrected chi connectivity index (χ4v) is 5.90. The molecule has 1 heterocycles. The van der Waals surface area contributed by atoms with Crippen molar-refractivity contribution in [3.8, 4) is 0 Å². The molecule has 0 aromatic heterocycles. The Morgan fingerprint density at radius 1 is 1.00 bits per heavy atom. The van der Waals surface area contributed by atoms with E-state index in [2.05, 4.69) is 24.5 Å². The first kappa shape index (κ1) is 27.6. The summed E-state index contributed by atoms with van der Waals surface area (Å²) in [5.41, 5.74) is 4.94. The fourth-order valence-electron chi connectivity index (χ4n) is 5.46. The number of halogens is 3. The third-order valence-electron chi connectivity index (χ3n) is 7.23. The molecule has 5 rings (SSSR count). The molecular formula is C31H30Cl3N3O2. The molecule has 0 fully saturated rings. The number of Topliss-reactive ketones (excluding diaryl/α,β-unsaturated/α-hetero) is 1. The van der Waals surface area contributed by atoms with Gasteiger partial charge in [-0.05, 0) is 65.8 Å². The first-order valence-electron chi connectivity index (χ1n) is 13.0. The van der Waals surface area contributed by atoms with E-state index in [0.29, 0.717) is 46.4 Å². The number of nitrogens with one attached hydrogen (secondary N) is 2. The topological polar surface area (TPSA) is 61.4 Å². The highest BCUT2D eigenvalue weighted by molar-refractivity contribution is 6.42. The number of hydrogen-bond donors (Lipinski definition) is 2. The number of rotatable bonds is 6. The molecule has 0 radical (unpaired) electrons. The van der Waals surface area contributed by atoms with Gasteiger partial charge in [-0.1, -0.05) is 79.0 Å². The molecule has 1 aliphatic carbocycles. The second kappa shape index (κ2) is 11.2. The molecule has 2 aliphatic rings. The number of benzene rings is 3. The van der Waals surface area contributed by atoms with Gasteiger partial charge in [-0.2, -0.15) is 0 Å². The minimum absolute atomic E-state index is 0.0533. The van der Waals surface area contributed by atoms with E-state index in [1.807, 2.05) is 59.5 Å². The number of carbonyl (C=O) groups is 2. The zero-order valence-corrected chi connectivity index (χ0v) is 24.1. The highest BCUT2D eigenvalue weighted by atomic mass is 35.5. The molecule has 8 heteroatoms. The SMILES string of the molecule is CC1(C)CC(=O)C2=C(C1)Nc1ccccc1N(CC(=O)NCCc1ccc(Cl)cc1)C2c1ccc(Cl)c(Cl)c1. The first-order valence-corrected chi connectivity index (χ1v) is 14.1. The summed E-state index contributed by atoms with van der Waals surface area (Å²) >= 11 is 18.7. The second-order valence-electron chi connectivity index (χ2n) is 10.9. The van der Waals surface area contributed by atoms with E-state index >= 15 is 0 Å². The van der Waals surface area contributed by atoms with E-state index in [-0.39, 0.29) is 23.7 Å². The van der Waals surface area contributed by atoms with Crippen LogP contribution in [0.2, 0.25) is 15.1 Å². The van der Waals surface area contributed by atoms with Crippen LogP contribution in [0, 0.1) is 5.41 Å². The highest BCUT2D eigenvalue weighted by Gasteiger charge is 2.42. The number of hydrogen-bond acceptors (Lipinski definition) is 4. The summed E-state index contributed by atoms with van der Waals surface area (Å²) in [7, 11) is 0. The molecule has 5 nitrogen and oxygen atoms in total. The van der Waals surface area contributed by atoms with E-state index in [1.54, 1.807) is 12.1 Å². The fraction of sp³-hybridized carbons (Fsp3) is 0.290. The van der Waals surface area contributed by atoms with Crippen LogP contribution in [0.1, 0.15) is 43.9 Å². The Hall–Kier alpha value is -2.99. The Morgan fingerprint density at radius 3 is 2.49 bits per heavy atom. The van der Waals surface area contributed by atoms with Crippen molar-refractivity contribution in [3.63, 3.8) is 0 Å². The Bertz CT molecular complexity index is 1450. The van der Waals surface area contributed by atoms with E-state index < -0.39 is 6.04 Å². The van der Waals surface area contributed by atoms with Gasteiger partial charge in [-0.25, -0.2) is 0 Å². The van der Waals surface area contributed by atoms with Gasteiger partial charge in [0.15, 0.2) is 5.78 Å².